The molecule has 3 aromatic rings. The van der Waals surface area contributed by atoms with Crippen LogP contribution in [0.4, 0.5) is 21.4 Å². The lowest BCUT2D eigenvalue weighted by Gasteiger charge is -2.36. The Morgan fingerprint density at radius 2 is 1.44 bits per heavy atom. The molecule has 2 fully saturated rings. The molecule has 0 radical (unpaired) electrons. The van der Waals surface area contributed by atoms with Crippen molar-refractivity contribution in [1.82, 2.24) is 29.4 Å². The van der Waals surface area contributed by atoms with Gasteiger partial charge >= 0.3 is 6.03 Å². The van der Waals surface area contributed by atoms with Crippen LogP contribution in [0.25, 0.3) is 0 Å². The zero-order chi connectivity index (χ0) is 23.3. The van der Waals surface area contributed by atoms with Gasteiger partial charge < -0.3 is 19.6 Å². The second-order valence-corrected chi connectivity index (χ2v) is 8.77. The highest BCUT2D eigenvalue weighted by Gasteiger charge is 2.29. The molecule has 12 heteroatoms. The van der Waals surface area contributed by atoms with Crippen LogP contribution in [0, 0.1) is 0 Å². The number of amides is 3. The highest BCUT2D eigenvalue weighted by atomic mass is 32.1. The number of aromatic nitrogens is 4. The lowest BCUT2D eigenvalue weighted by atomic mass is 10.2. The van der Waals surface area contributed by atoms with Crippen molar-refractivity contribution in [1.29, 1.82) is 0 Å². The number of para-hydroxylation sites is 1. The maximum Gasteiger partial charge on any atom is 0.322 e. The van der Waals surface area contributed by atoms with Gasteiger partial charge in [-0.25, -0.2) is 14.8 Å². The third-order valence-electron chi connectivity index (χ3n) is 6.00. The summed E-state index contributed by atoms with van der Waals surface area (Å²) in [5.41, 5.74) is 1.34. The molecule has 4 heterocycles. The summed E-state index contributed by atoms with van der Waals surface area (Å²) in [6, 6.07) is 11.7. The topological polar surface area (TPSA) is 111 Å². The van der Waals surface area contributed by atoms with Crippen LogP contribution in [-0.4, -0.2) is 93.7 Å². The Morgan fingerprint density at radius 1 is 0.794 bits per heavy atom. The molecule has 34 heavy (non-hydrogen) atoms. The monoisotopic (exact) mass is 479 g/mol. The largest absolute Gasteiger partial charge is 0.368 e. The first-order valence-corrected chi connectivity index (χ1v) is 12.0. The van der Waals surface area contributed by atoms with Crippen molar-refractivity contribution in [2.24, 2.45) is 0 Å². The van der Waals surface area contributed by atoms with E-state index in [1.54, 1.807) is 28.3 Å². The molecule has 0 atom stereocenters. The van der Waals surface area contributed by atoms with Gasteiger partial charge in [0.05, 0.1) is 0 Å². The molecule has 0 bridgehead atoms. The van der Waals surface area contributed by atoms with Crippen LogP contribution in [0.3, 0.4) is 0 Å². The van der Waals surface area contributed by atoms with Crippen LogP contribution in [0.1, 0.15) is 10.5 Å². The molecule has 11 nitrogen and oxygen atoms in total. The Hall–Kier alpha value is -3.80. The number of nitrogens with zero attached hydrogens (tertiary/aromatic N) is 8. The summed E-state index contributed by atoms with van der Waals surface area (Å²) in [4.78, 5) is 42.3. The third kappa shape index (κ3) is 4.76. The van der Waals surface area contributed by atoms with E-state index in [0.29, 0.717) is 50.2 Å². The van der Waals surface area contributed by atoms with E-state index in [1.807, 2.05) is 23.1 Å². The molecule has 2 aromatic heterocycles. The van der Waals surface area contributed by atoms with Crippen LogP contribution >= 0.6 is 11.5 Å². The molecule has 0 spiro atoms. The second-order valence-electron chi connectivity index (χ2n) is 8.02. The van der Waals surface area contributed by atoms with Gasteiger partial charge in [-0.3, -0.25) is 10.1 Å². The molecule has 2 aliphatic rings. The molecular weight excluding hydrogens is 454 g/mol. The van der Waals surface area contributed by atoms with Gasteiger partial charge in [-0.15, -0.1) is 5.10 Å². The molecule has 2 saturated heterocycles. The van der Waals surface area contributed by atoms with Gasteiger partial charge in [0, 0.05) is 82.0 Å². The van der Waals surface area contributed by atoms with Crippen molar-refractivity contribution in [3.8, 4) is 0 Å². The van der Waals surface area contributed by atoms with Crippen molar-refractivity contribution in [3.05, 3.63) is 54.5 Å². The van der Waals surface area contributed by atoms with Crippen LogP contribution in [-0.2, 0) is 0 Å². The molecule has 3 amide bonds. The summed E-state index contributed by atoms with van der Waals surface area (Å²) in [5, 5.41) is 7.25. The molecule has 0 saturated carbocycles. The van der Waals surface area contributed by atoms with Gasteiger partial charge in [-0.05, 0) is 18.2 Å². The summed E-state index contributed by atoms with van der Waals surface area (Å²) in [6.07, 6.45) is 3.41. The van der Waals surface area contributed by atoms with E-state index in [4.69, 9.17) is 0 Å². The van der Waals surface area contributed by atoms with Gasteiger partial charge in [0.2, 0.25) is 5.95 Å². The maximum absolute atomic E-state index is 13.1. The minimum absolute atomic E-state index is 0.186. The highest BCUT2D eigenvalue weighted by molar-refractivity contribution is 7.10. The van der Waals surface area contributed by atoms with Gasteiger partial charge in [0.25, 0.3) is 5.91 Å². The van der Waals surface area contributed by atoms with Crippen molar-refractivity contribution >= 4 is 40.1 Å². The molecule has 176 valence electrons. The van der Waals surface area contributed by atoms with Crippen molar-refractivity contribution in [3.63, 3.8) is 0 Å². The van der Waals surface area contributed by atoms with E-state index in [-0.39, 0.29) is 17.6 Å². The third-order valence-corrected chi connectivity index (χ3v) is 6.64. The SMILES string of the molecule is O=C(Nc1snnc1C(=O)N1CCN(c2ncccn2)CC1)N1CCN(c2ccccc2)CC1. The molecule has 2 aliphatic heterocycles. The number of benzene rings is 1. The Kier molecular flexibility index (Phi) is 6.47. The van der Waals surface area contributed by atoms with E-state index in [0.717, 1.165) is 30.3 Å². The van der Waals surface area contributed by atoms with E-state index in [9.17, 15) is 9.59 Å². The summed E-state index contributed by atoms with van der Waals surface area (Å²) >= 11 is 1.02. The highest BCUT2D eigenvalue weighted by Crippen LogP contribution is 2.22. The first-order valence-electron chi connectivity index (χ1n) is 11.2. The fraction of sp³-hybridized carbons (Fsp3) is 0.364. The van der Waals surface area contributed by atoms with Crippen LogP contribution in [0.5, 0.6) is 0 Å². The normalized spacial score (nSPS) is 16.5. The Balaban J connectivity index is 1.15. The summed E-state index contributed by atoms with van der Waals surface area (Å²) < 4.78 is 3.92. The summed E-state index contributed by atoms with van der Waals surface area (Å²) in [6.45, 7) is 4.98. The number of rotatable bonds is 4. The lowest BCUT2D eigenvalue weighted by molar-refractivity contribution is 0.0741. The van der Waals surface area contributed by atoms with Gasteiger partial charge in [-0.1, -0.05) is 22.7 Å². The van der Waals surface area contributed by atoms with E-state index >= 15 is 0 Å². The van der Waals surface area contributed by atoms with E-state index in [1.165, 1.54) is 0 Å². The summed E-state index contributed by atoms with van der Waals surface area (Å²) in [7, 11) is 0. The van der Waals surface area contributed by atoms with Crippen molar-refractivity contribution in [2.75, 3.05) is 67.5 Å². The van der Waals surface area contributed by atoms with Gasteiger partial charge in [0.1, 0.15) is 0 Å². The van der Waals surface area contributed by atoms with Crippen LogP contribution in [0.2, 0.25) is 0 Å². The number of hydrogen-bond acceptors (Lipinski definition) is 9. The number of carbonyl (C=O) groups is 2. The van der Waals surface area contributed by atoms with Gasteiger partial charge in [-0.2, -0.15) is 0 Å². The minimum atomic E-state index is -0.237. The lowest BCUT2D eigenvalue weighted by Crippen LogP contribution is -2.50. The molecule has 0 aliphatic carbocycles. The zero-order valence-corrected chi connectivity index (χ0v) is 19.4. The number of piperazine rings is 2. The Morgan fingerprint density at radius 3 is 2.15 bits per heavy atom. The maximum atomic E-state index is 13.1. The standard InChI is InChI=1S/C22H25N9O2S/c32-20(29-11-13-30(14-12-29)21-23-7-4-8-24-21)18-19(34-27-26-18)25-22(33)31-15-9-28(10-16-31)17-5-2-1-3-6-17/h1-8H,9-16H2,(H,25,33). The predicted octanol–water partition coefficient (Wildman–Crippen LogP) is 1.64. The number of nitrogens with one attached hydrogen (secondary N) is 1. The van der Waals surface area contributed by atoms with Crippen molar-refractivity contribution < 1.29 is 9.59 Å². The summed E-state index contributed by atoms with van der Waals surface area (Å²) in [5.74, 6) is 0.428. The molecule has 1 aromatic carbocycles. The first-order chi connectivity index (χ1) is 16.7. The molecule has 5 rings (SSSR count). The fourth-order valence-electron chi connectivity index (χ4n) is 4.11. The van der Waals surface area contributed by atoms with E-state index in [2.05, 4.69) is 41.9 Å². The van der Waals surface area contributed by atoms with Crippen LogP contribution in [0.15, 0.2) is 48.8 Å². The fourth-order valence-corrected chi connectivity index (χ4v) is 4.66. The van der Waals surface area contributed by atoms with Gasteiger partial charge in [0.15, 0.2) is 10.7 Å². The van der Waals surface area contributed by atoms with Crippen LogP contribution < -0.4 is 15.1 Å². The minimum Gasteiger partial charge on any atom is -0.368 e. The quantitative estimate of drug-likeness (QED) is 0.601. The number of carbonyl (C=O) groups excluding carboxylic acids is 2. The Bertz CT molecular complexity index is 1110. The number of anilines is 3. The average Bonchev–Trinajstić information content (AvgIpc) is 3.37. The Labute approximate surface area is 201 Å². The van der Waals surface area contributed by atoms with Crippen molar-refractivity contribution in [2.45, 2.75) is 0 Å². The molecular formula is C22H25N9O2S. The molecule has 0 unspecified atom stereocenters. The average molecular weight is 480 g/mol. The smallest absolute Gasteiger partial charge is 0.322 e. The first kappa shape index (κ1) is 22.0. The zero-order valence-electron chi connectivity index (χ0n) is 18.6. The second kappa shape index (κ2) is 10.00. The number of urea groups is 1. The predicted molar refractivity (Wildman–Crippen MR) is 129 cm³/mol. The number of hydrogen-bond donors (Lipinski definition) is 1. The van der Waals surface area contributed by atoms with E-state index < -0.39 is 0 Å². The molecule has 1 N–H and O–H groups in total.